The van der Waals surface area contributed by atoms with Gasteiger partial charge in [-0.15, -0.1) is 0 Å². The van der Waals surface area contributed by atoms with Crippen LogP contribution in [-0.2, 0) is 13.6 Å². The minimum Gasteiger partial charge on any atom is -0.756 e. The van der Waals surface area contributed by atoms with Gasteiger partial charge in [-0.2, -0.15) is 0 Å². The molecule has 0 radical (unpaired) electrons. The number of hydrogen-bond acceptors (Lipinski definition) is 8. The quantitative estimate of drug-likeness (QED) is 0.336. The Balaban J connectivity index is 3.81. The highest BCUT2D eigenvalue weighted by atomic mass is 31.2. The van der Waals surface area contributed by atoms with Gasteiger partial charge in [0.15, 0.2) is 0 Å². The number of hydrogen-bond donors (Lipinski definition) is 4. The first kappa shape index (κ1) is 14.9. The lowest BCUT2D eigenvalue weighted by molar-refractivity contribution is -0.229. The molecule has 92 valence electrons. The largest absolute Gasteiger partial charge is 0.756 e. The molecule has 4 N–H and O–H groups in total. The fourth-order valence-electron chi connectivity index (χ4n) is 0.497. The van der Waals surface area contributed by atoms with E-state index in [0.29, 0.717) is 0 Å². The van der Waals surface area contributed by atoms with E-state index in [1.54, 1.807) is 0 Å². The van der Waals surface area contributed by atoms with Crippen molar-refractivity contribution in [3.05, 3.63) is 0 Å². The summed E-state index contributed by atoms with van der Waals surface area (Å²) >= 11 is 0. The SMILES string of the molecule is O=P([O-])(OCC(O)CO)OC[C@H](O)CO. The molecule has 3 atom stereocenters. The summed E-state index contributed by atoms with van der Waals surface area (Å²) in [6, 6.07) is 0. The fraction of sp³-hybridized carbons (Fsp3) is 1.00. The Morgan fingerprint density at radius 3 is 1.67 bits per heavy atom. The Morgan fingerprint density at radius 1 is 1.07 bits per heavy atom. The molecule has 9 heteroatoms. The van der Waals surface area contributed by atoms with Crippen molar-refractivity contribution >= 4 is 7.82 Å². The van der Waals surface area contributed by atoms with Gasteiger partial charge in [0.05, 0.1) is 26.4 Å². The van der Waals surface area contributed by atoms with Gasteiger partial charge < -0.3 is 34.4 Å². The van der Waals surface area contributed by atoms with Gasteiger partial charge in [-0.25, -0.2) is 0 Å². The van der Waals surface area contributed by atoms with Crippen molar-refractivity contribution in [2.45, 2.75) is 12.2 Å². The average Bonchev–Trinajstić information content (AvgIpc) is 2.22. The summed E-state index contributed by atoms with van der Waals surface area (Å²) in [6.07, 6.45) is -2.64. The van der Waals surface area contributed by atoms with Crippen molar-refractivity contribution in [3.63, 3.8) is 0 Å². The molecule has 0 fully saturated rings. The van der Waals surface area contributed by atoms with Crippen LogP contribution < -0.4 is 4.89 Å². The van der Waals surface area contributed by atoms with Gasteiger partial charge in [0, 0.05) is 0 Å². The van der Waals surface area contributed by atoms with Gasteiger partial charge in [-0.1, -0.05) is 0 Å². The van der Waals surface area contributed by atoms with E-state index < -0.39 is 46.5 Å². The Hall–Kier alpha value is -0.0500. The predicted octanol–water partition coefficient (Wildman–Crippen LogP) is -2.81. The molecular formula is C6H14O8P-. The molecule has 0 aromatic carbocycles. The number of rotatable bonds is 8. The molecule has 0 bridgehead atoms. The summed E-state index contributed by atoms with van der Waals surface area (Å²) in [5.74, 6) is 0. The standard InChI is InChI=1S/C6H15O8P/c7-1-5(9)3-13-15(11,12)14-4-6(10)2-8/h5-10H,1-4H2,(H,11,12)/p-1/t5-,6?/m1/s1. The third-order valence-electron chi connectivity index (χ3n) is 1.27. The summed E-state index contributed by atoms with van der Waals surface area (Å²) in [5, 5.41) is 34.2. The molecule has 0 spiro atoms. The molecule has 0 saturated heterocycles. The van der Waals surface area contributed by atoms with E-state index in [4.69, 9.17) is 20.4 Å². The van der Waals surface area contributed by atoms with Crippen LogP contribution in [0, 0.1) is 0 Å². The second kappa shape index (κ2) is 7.26. The molecule has 0 saturated carbocycles. The lowest BCUT2D eigenvalue weighted by atomic mass is 10.4. The van der Waals surface area contributed by atoms with Crippen molar-refractivity contribution in [1.82, 2.24) is 0 Å². The molecule has 0 rings (SSSR count). The number of phosphoric acid groups is 1. The minimum atomic E-state index is -4.62. The van der Waals surface area contributed by atoms with Crippen molar-refractivity contribution in [1.29, 1.82) is 0 Å². The van der Waals surface area contributed by atoms with Crippen LogP contribution in [0.25, 0.3) is 0 Å². The second-order valence-electron chi connectivity index (χ2n) is 2.71. The number of aliphatic hydroxyl groups is 4. The Kier molecular flexibility index (Phi) is 7.24. The predicted molar refractivity (Wildman–Crippen MR) is 45.7 cm³/mol. The maximum Gasteiger partial charge on any atom is 0.268 e. The first-order valence-corrected chi connectivity index (χ1v) is 5.55. The van der Waals surface area contributed by atoms with E-state index in [2.05, 4.69) is 9.05 Å². The van der Waals surface area contributed by atoms with Gasteiger partial charge in [0.2, 0.25) is 0 Å². The first-order chi connectivity index (χ1) is 6.91. The lowest BCUT2D eigenvalue weighted by Gasteiger charge is -2.24. The van der Waals surface area contributed by atoms with E-state index >= 15 is 0 Å². The summed E-state index contributed by atoms with van der Waals surface area (Å²) in [4.78, 5) is 10.9. The topological polar surface area (TPSA) is 140 Å². The number of phosphoric ester groups is 1. The van der Waals surface area contributed by atoms with Crippen LogP contribution in [0.4, 0.5) is 0 Å². The number of aliphatic hydroxyl groups excluding tert-OH is 4. The fourth-order valence-corrected chi connectivity index (χ4v) is 1.28. The third-order valence-corrected chi connectivity index (χ3v) is 2.20. The zero-order valence-corrected chi connectivity index (χ0v) is 8.75. The molecule has 8 nitrogen and oxygen atoms in total. The lowest BCUT2D eigenvalue weighted by Crippen LogP contribution is -2.24. The molecule has 0 aliphatic heterocycles. The van der Waals surface area contributed by atoms with E-state index in [9.17, 15) is 9.46 Å². The van der Waals surface area contributed by atoms with Gasteiger partial charge in [0.25, 0.3) is 7.82 Å². The van der Waals surface area contributed by atoms with Gasteiger partial charge in [-0.05, 0) is 0 Å². The second-order valence-corrected chi connectivity index (χ2v) is 4.12. The van der Waals surface area contributed by atoms with E-state index in [-0.39, 0.29) is 0 Å². The average molecular weight is 245 g/mol. The first-order valence-electron chi connectivity index (χ1n) is 4.09. The molecule has 15 heavy (non-hydrogen) atoms. The van der Waals surface area contributed by atoms with E-state index in [1.807, 2.05) is 0 Å². The monoisotopic (exact) mass is 245 g/mol. The molecule has 2 unspecified atom stereocenters. The van der Waals surface area contributed by atoms with Crippen LogP contribution in [0.5, 0.6) is 0 Å². The van der Waals surface area contributed by atoms with E-state index in [0.717, 1.165) is 0 Å². The highest BCUT2D eigenvalue weighted by Gasteiger charge is 2.14. The molecular weight excluding hydrogens is 231 g/mol. The molecule has 0 aliphatic rings. The Morgan fingerprint density at radius 2 is 1.40 bits per heavy atom. The normalized spacial score (nSPS) is 19.5. The summed E-state index contributed by atoms with van der Waals surface area (Å²) in [6.45, 7) is -2.54. The van der Waals surface area contributed by atoms with Crippen LogP contribution >= 0.6 is 7.82 Å². The summed E-state index contributed by atoms with van der Waals surface area (Å²) in [7, 11) is -4.62. The van der Waals surface area contributed by atoms with Crippen LogP contribution in [0.2, 0.25) is 0 Å². The smallest absolute Gasteiger partial charge is 0.268 e. The van der Waals surface area contributed by atoms with Gasteiger partial charge in [-0.3, -0.25) is 4.57 Å². The highest BCUT2D eigenvalue weighted by molar-refractivity contribution is 7.45. The molecule has 0 heterocycles. The van der Waals surface area contributed by atoms with Crippen molar-refractivity contribution in [2.75, 3.05) is 26.4 Å². The molecule has 0 aromatic heterocycles. The third kappa shape index (κ3) is 7.83. The van der Waals surface area contributed by atoms with Crippen LogP contribution in [0.1, 0.15) is 0 Å². The van der Waals surface area contributed by atoms with Crippen LogP contribution in [0.3, 0.4) is 0 Å². The zero-order valence-electron chi connectivity index (χ0n) is 7.85. The minimum absolute atomic E-state index is 0.632. The Labute approximate surface area is 86.3 Å². The molecule has 0 amide bonds. The zero-order chi connectivity index (χ0) is 11.9. The highest BCUT2D eigenvalue weighted by Crippen LogP contribution is 2.38. The van der Waals surface area contributed by atoms with Crippen LogP contribution in [0.15, 0.2) is 0 Å². The summed E-state index contributed by atoms with van der Waals surface area (Å²) < 4.78 is 19.2. The van der Waals surface area contributed by atoms with E-state index in [1.165, 1.54) is 0 Å². The molecule has 0 aromatic rings. The van der Waals surface area contributed by atoms with Crippen LogP contribution in [-0.4, -0.2) is 59.1 Å². The maximum absolute atomic E-state index is 10.9. The van der Waals surface area contributed by atoms with Gasteiger partial charge >= 0.3 is 0 Å². The van der Waals surface area contributed by atoms with Crippen molar-refractivity contribution in [2.24, 2.45) is 0 Å². The Bertz CT molecular complexity index is 191. The molecule has 0 aliphatic carbocycles. The van der Waals surface area contributed by atoms with Gasteiger partial charge in [0.1, 0.15) is 12.2 Å². The summed E-state index contributed by atoms with van der Waals surface area (Å²) in [5.41, 5.74) is 0. The maximum atomic E-state index is 10.9. The van der Waals surface area contributed by atoms with Crippen molar-refractivity contribution in [3.8, 4) is 0 Å². The van der Waals surface area contributed by atoms with Crippen molar-refractivity contribution < 1.29 is 38.9 Å².